The summed E-state index contributed by atoms with van der Waals surface area (Å²) in [4.78, 5) is 0. The highest BCUT2D eigenvalue weighted by molar-refractivity contribution is 14.1. The van der Waals surface area contributed by atoms with Crippen molar-refractivity contribution >= 4 is 33.5 Å². The first kappa shape index (κ1) is 21.4. The highest BCUT2D eigenvalue weighted by Crippen LogP contribution is 2.46. The van der Waals surface area contributed by atoms with Crippen molar-refractivity contribution in [3.63, 3.8) is 0 Å². The monoisotopic (exact) mass is 546 g/mol. The molecule has 162 valence electrons. The van der Waals surface area contributed by atoms with Crippen molar-refractivity contribution in [1.82, 2.24) is 5.32 Å². The Morgan fingerprint density at radius 1 is 0.939 bits per heavy atom. The number of hydrogen-bond donors (Lipinski definition) is 3. The molecule has 5 nitrogen and oxygen atoms in total. The predicted molar refractivity (Wildman–Crippen MR) is 134 cm³/mol. The maximum Gasteiger partial charge on any atom is 0.229 e. The summed E-state index contributed by atoms with van der Waals surface area (Å²) in [7, 11) is 0. The van der Waals surface area contributed by atoms with Crippen molar-refractivity contribution in [2.45, 2.75) is 17.7 Å². The van der Waals surface area contributed by atoms with Gasteiger partial charge in [-0.15, -0.1) is 0 Å². The second-order valence-electron chi connectivity index (χ2n) is 8.08. The highest BCUT2D eigenvalue weighted by Gasteiger charge is 2.56. The van der Waals surface area contributed by atoms with Crippen LogP contribution in [0.15, 0.2) is 109 Å². The standard InChI is InChI=1S/C27H20IN3O2/c28-21-13-6-9-19(16-21)24-22(17-29)26(32)30-27(33,20-11-2-1-3-12-20)25(24)31-15-7-10-18-8-4-5-14-23(18)31/h1-16,24-25,30,33H/p+1/t24-,25+,27+/m0/s1. The molecule has 0 unspecified atom stereocenters. The van der Waals surface area contributed by atoms with E-state index >= 15 is 0 Å². The molecule has 1 aliphatic rings. The van der Waals surface area contributed by atoms with Crippen LogP contribution >= 0.6 is 22.6 Å². The molecule has 4 aromatic rings. The second-order valence-corrected chi connectivity index (χ2v) is 9.33. The molecule has 0 aliphatic carbocycles. The van der Waals surface area contributed by atoms with Crippen molar-refractivity contribution in [3.05, 3.63) is 123 Å². The van der Waals surface area contributed by atoms with Crippen LogP contribution in [0.2, 0.25) is 0 Å². The Morgan fingerprint density at radius 3 is 2.42 bits per heavy atom. The van der Waals surface area contributed by atoms with E-state index < -0.39 is 17.7 Å². The van der Waals surface area contributed by atoms with Gasteiger partial charge in [0.2, 0.25) is 23.2 Å². The number of aliphatic hydroxyl groups excluding tert-OH is 1. The minimum absolute atomic E-state index is 0.183. The van der Waals surface area contributed by atoms with Gasteiger partial charge < -0.3 is 15.5 Å². The zero-order chi connectivity index (χ0) is 23.0. The molecule has 0 radical (unpaired) electrons. The topological polar surface area (TPSA) is 80.2 Å². The van der Waals surface area contributed by atoms with Crippen LogP contribution < -0.4 is 9.88 Å². The normalized spacial score (nSPS) is 22.6. The number of nitrogens with one attached hydrogen (secondary N) is 1. The van der Waals surface area contributed by atoms with Gasteiger partial charge >= 0.3 is 0 Å². The van der Waals surface area contributed by atoms with E-state index in [1.165, 1.54) is 0 Å². The molecule has 33 heavy (non-hydrogen) atoms. The van der Waals surface area contributed by atoms with E-state index in [4.69, 9.17) is 0 Å². The number of pyridine rings is 1. The molecule has 0 saturated heterocycles. The highest BCUT2D eigenvalue weighted by atomic mass is 127. The van der Waals surface area contributed by atoms with E-state index in [1.54, 1.807) is 0 Å². The molecule has 3 atom stereocenters. The number of rotatable bonds is 3. The van der Waals surface area contributed by atoms with Gasteiger partial charge in [0.05, 0.1) is 5.92 Å². The van der Waals surface area contributed by atoms with E-state index in [0.717, 1.165) is 20.0 Å². The first-order valence-electron chi connectivity index (χ1n) is 10.6. The molecule has 0 saturated carbocycles. The Morgan fingerprint density at radius 2 is 1.67 bits per heavy atom. The summed E-state index contributed by atoms with van der Waals surface area (Å²) in [6.07, 6.45) is 1.92. The Hall–Kier alpha value is -3.41. The minimum Gasteiger partial charge on any atom is -0.494 e. The van der Waals surface area contributed by atoms with Crippen molar-refractivity contribution in [3.8, 4) is 6.07 Å². The summed E-state index contributed by atoms with van der Waals surface area (Å²) in [5.41, 5.74) is 0.839. The van der Waals surface area contributed by atoms with E-state index in [0.29, 0.717) is 5.56 Å². The molecule has 1 aliphatic heterocycles. The first-order chi connectivity index (χ1) is 16.0. The lowest BCUT2D eigenvalue weighted by Gasteiger charge is -2.41. The average Bonchev–Trinajstić information content (AvgIpc) is 2.84. The molecule has 6 heteroatoms. The number of allylic oxidation sites excluding steroid dienone is 1. The third kappa shape index (κ3) is 3.63. The lowest BCUT2D eigenvalue weighted by molar-refractivity contribution is -0.721. The van der Waals surface area contributed by atoms with E-state index in [2.05, 4.69) is 34.0 Å². The number of nitrogens with zero attached hydrogens (tertiary/aromatic N) is 2. The zero-order valence-electron chi connectivity index (χ0n) is 17.6. The summed E-state index contributed by atoms with van der Waals surface area (Å²) in [5.74, 6) is -0.920. The first-order valence-corrected chi connectivity index (χ1v) is 11.6. The molecule has 3 N–H and O–H groups in total. The predicted octanol–water partition coefficient (Wildman–Crippen LogP) is 4.80. The largest absolute Gasteiger partial charge is 0.494 e. The fourth-order valence-electron chi connectivity index (χ4n) is 4.76. The Kier molecular flexibility index (Phi) is 5.52. The van der Waals surface area contributed by atoms with Gasteiger partial charge in [-0.1, -0.05) is 54.6 Å². The molecule has 0 amide bonds. The molecule has 3 aromatic carbocycles. The lowest BCUT2D eigenvalue weighted by atomic mass is 9.75. The van der Waals surface area contributed by atoms with Crippen LogP contribution in [0.1, 0.15) is 23.1 Å². The van der Waals surface area contributed by atoms with Crippen LogP contribution in [0.5, 0.6) is 0 Å². The van der Waals surface area contributed by atoms with Gasteiger partial charge in [-0.2, -0.15) is 9.83 Å². The number of halogens is 1. The summed E-state index contributed by atoms with van der Waals surface area (Å²) >= 11 is 2.24. The molecule has 5 rings (SSSR count). The van der Waals surface area contributed by atoms with Gasteiger partial charge in [0, 0.05) is 26.7 Å². The molecule has 0 fully saturated rings. The van der Waals surface area contributed by atoms with Crippen LogP contribution in [0.3, 0.4) is 0 Å². The van der Waals surface area contributed by atoms with Crippen molar-refractivity contribution in [2.75, 3.05) is 0 Å². The van der Waals surface area contributed by atoms with Crippen molar-refractivity contribution in [2.24, 2.45) is 0 Å². The van der Waals surface area contributed by atoms with Crippen LogP contribution in [0.25, 0.3) is 10.9 Å². The Bertz CT molecular complexity index is 1410. The Labute approximate surface area is 205 Å². The number of nitriles is 1. The van der Waals surface area contributed by atoms with E-state index in [-0.39, 0.29) is 11.5 Å². The van der Waals surface area contributed by atoms with Gasteiger partial charge in [0.1, 0.15) is 11.6 Å². The number of hydrogen-bond acceptors (Lipinski definition) is 4. The third-order valence-electron chi connectivity index (χ3n) is 6.20. The summed E-state index contributed by atoms with van der Waals surface area (Å²) < 4.78 is 3.01. The maximum absolute atomic E-state index is 12.3. The Balaban J connectivity index is 1.87. The van der Waals surface area contributed by atoms with E-state index in [9.17, 15) is 15.5 Å². The quantitative estimate of drug-likeness (QED) is 0.255. The summed E-state index contributed by atoms with van der Waals surface area (Å²) in [5, 5.41) is 37.2. The zero-order valence-corrected chi connectivity index (χ0v) is 19.7. The molecular formula is C27H21IN3O2+. The molecule has 0 bridgehead atoms. The molecule has 2 heterocycles. The van der Waals surface area contributed by atoms with Gasteiger partial charge in [-0.05, 0) is 52.4 Å². The number of aromatic nitrogens is 1. The third-order valence-corrected chi connectivity index (χ3v) is 6.87. The van der Waals surface area contributed by atoms with Crippen molar-refractivity contribution < 1.29 is 14.8 Å². The number of fused-ring (bicyclic) bond motifs is 1. The molecule has 1 aromatic heterocycles. The van der Waals surface area contributed by atoms with Crippen LogP contribution in [0, 0.1) is 14.9 Å². The maximum atomic E-state index is 12.3. The van der Waals surface area contributed by atoms with Crippen LogP contribution in [-0.4, -0.2) is 10.2 Å². The van der Waals surface area contributed by atoms with Crippen molar-refractivity contribution in [1.29, 1.82) is 5.26 Å². The summed E-state index contributed by atoms with van der Waals surface area (Å²) in [6, 6.07) is 30.5. The van der Waals surface area contributed by atoms with Crippen LogP contribution in [0.4, 0.5) is 0 Å². The van der Waals surface area contributed by atoms with Gasteiger partial charge in [-0.25, -0.2) is 0 Å². The molecule has 0 spiro atoms. The fraction of sp³-hybridized carbons (Fsp3) is 0.111. The van der Waals surface area contributed by atoms with E-state index in [1.807, 2.05) is 102 Å². The smallest absolute Gasteiger partial charge is 0.229 e. The second kappa shape index (κ2) is 8.50. The lowest BCUT2D eigenvalue weighted by Crippen LogP contribution is -2.63. The number of aliphatic hydroxyl groups is 2. The fourth-order valence-corrected chi connectivity index (χ4v) is 5.33. The number of benzene rings is 3. The minimum atomic E-state index is -1.69. The summed E-state index contributed by atoms with van der Waals surface area (Å²) in [6.45, 7) is 0. The number of para-hydroxylation sites is 1. The van der Waals surface area contributed by atoms with Gasteiger partial charge in [0.25, 0.3) is 0 Å². The van der Waals surface area contributed by atoms with Gasteiger partial charge in [0.15, 0.2) is 6.20 Å². The average molecular weight is 546 g/mol. The molecular weight excluding hydrogens is 525 g/mol. The van der Waals surface area contributed by atoms with Gasteiger partial charge in [-0.3, -0.25) is 0 Å². The SMILES string of the molecule is N#CC1=C(O)N[C@@](O)(c2ccccc2)[C@H]([n+]2cccc3ccccc32)[C@H]1c1cccc(I)c1. The van der Waals surface area contributed by atoms with Crippen LogP contribution in [-0.2, 0) is 5.72 Å².